The lowest BCUT2D eigenvalue weighted by Gasteiger charge is -2.15. The minimum absolute atomic E-state index is 0.00625. The number of alkyl halides is 3. The Morgan fingerprint density at radius 2 is 1.95 bits per heavy atom. The Kier molecular flexibility index (Phi) is 4.32. The summed E-state index contributed by atoms with van der Waals surface area (Å²) in [6.07, 6.45) is -2.10. The van der Waals surface area contributed by atoms with Crippen molar-refractivity contribution in [3.63, 3.8) is 0 Å². The van der Waals surface area contributed by atoms with Crippen LogP contribution < -0.4 is 5.32 Å². The molecule has 2 aromatic rings. The lowest BCUT2D eigenvalue weighted by Crippen LogP contribution is -2.09. The smallest absolute Gasteiger partial charge is 0.354 e. The molecule has 2 rings (SSSR count). The summed E-state index contributed by atoms with van der Waals surface area (Å²) in [5, 5.41) is 2.75. The van der Waals surface area contributed by atoms with Crippen LogP contribution in [0.4, 0.5) is 24.5 Å². The number of halogens is 4. The predicted octanol–water partition coefficient (Wildman–Crippen LogP) is 5.17. The first-order valence-electron chi connectivity index (χ1n) is 5.99. The highest BCUT2D eigenvalue weighted by Crippen LogP contribution is 2.37. The Balaban J connectivity index is 2.32. The van der Waals surface area contributed by atoms with Gasteiger partial charge in [-0.25, -0.2) is 0 Å². The summed E-state index contributed by atoms with van der Waals surface area (Å²) in [5.74, 6) is 0. The zero-order valence-electron chi connectivity index (χ0n) is 10.6. The topological polar surface area (TPSA) is 24.9 Å². The maximum atomic E-state index is 13.0. The summed E-state index contributed by atoms with van der Waals surface area (Å²) < 4.78 is 39.3. The van der Waals surface area contributed by atoms with Crippen molar-refractivity contribution in [1.29, 1.82) is 0 Å². The maximum Gasteiger partial charge on any atom is 0.418 e. The molecule has 1 N–H and O–H groups in total. The van der Waals surface area contributed by atoms with Gasteiger partial charge < -0.3 is 5.32 Å². The quantitative estimate of drug-likeness (QED) is 0.830. The Morgan fingerprint density at radius 3 is 2.50 bits per heavy atom. The van der Waals surface area contributed by atoms with Gasteiger partial charge in [0.05, 0.1) is 23.1 Å². The average molecular weight is 345 g/mol. The second-order valence-corrected chi connectivity index (χ2v) is 5.12. The summed E-state index contributed by atoms with van der Waals surface area (Å²) in [7, 11) is 0. The van der Waals surface area contributed by atoms with Gasteiger partial charge in [-0.3, -0.25) is 4.98 Å². The molecule has 0 aliphatic rings. The number of nitrogens with one attached hydrogen (secondary N) is 1. The van der Waals surface area contributed by atoms with E-state index in [1.807, 2.05) is 6.92 Å². The minimum Gasteiger partial charge on any atom is -0.354 e. The number of hydrogen-bond acceptors (Lipinski definition) is 2. The first-order valence-corrected chi connectivity index (χ1v) is 6.78. The Bertz CT molecular complexity index is 594. The van der Waals surface area contributed by atoms with E-state index >= 15 is 0 Å². The molecule has 0 aliphatic heterocycles. The lowest BCUT2D eigenvalue weighted by atomic mass is 10.1. The summed E-state index contributed by atoms with van der Waals surface area (Å²) in [4.78, 5) is 4.15. The van der Waals surface area contributed by atoms with E-state index in [1.54, 1.807) is 18.2 Å². The van der Waals surface area contributed by atoms with Gasteiger partial charge in [-0.15, -0.1) is 0 Å². The second kappa shape index (κ2) is 5.83. The van der Waals surface area contributed by atoms with Crippen LogP contribution in [-0.4, -0.2) is 4.98 Å². The van der Waals surface area contributed by atoms with E-state index in [0.29, 0.717) is 10.2 Å². The second-order valence-electron chi connectivity index (χ2n) is 4.20. The summed E-state index contributed by atoms with van der Waals surface area (Å²) >= 11 is 3.05. The Labute approximate surface area is 123 Å². The predicted molar refractivity (Wildman–Crippen MR) is 76.0 cm³/mol. The number of nitrogens with zero attached hydrogens (tertiary/aromatic N) is 1. The molecule has 6 heteroatoms. The minimum atomic E-state index is -4.41. The average Bonchev–Trinajstić information content (AvgIpc) is 2.40. The molecule has 0 saturated carbocycles. The van der Waals surface area contributed by atoms with Gasteiger partial charge in [-0.2, -0.15) is 13.2 Å². The monoisotopic (exact) mass is 344 g/mol. The molecule has 1 aromatic carbocycles. The summed E-state index contributed by atoms with van der Waals surface area (Å²) in [6, 6.07) is 7.50. The fraction of sp³-hybridized carbons (Fsp3) is 0.214. The Hall–Kier alpha value is -1.56. The SMILES string of the molecule is CCc1ccc(Nc2ccc(Br)cc2C(F)(F)F)cn1. The molecule has 0 unspecified atom stereocenters. The van der Waals surface area contributed by atoms with Gasteiger partial charge >= 0.3 is 6.18 Å². The molecule has 0 amide bonds. The van der Waals surface area contributed by atoms with E-state index in [0.717, 1.165) is 18.2 Å². The third kappa shape index (κ3) is 3.50. The van der Waals surface area contributed by atoms with Crippen LogP contribution in [0, 0.1) is 0 Å². The highest BCUT2D eigenvalue weighted by Gasteiger charge is 2.33. The van der Waals surface area contributed by atoms with Gasteiger partial charge in [0, 0.05) is 10.2 Å². The van der Waals surface area contributed by atoms with Crippen LogP contribution in [0.1, 0.15) is 18.2 Å². The molecule has 2 nitrogen and oxygen atoms in total. The van der Waals surface area contributed by atoms with Crippen LogP contribution in [0.5, 0.6) is 0 Å². The van der Waals surface area contributed by atoms with Crippen molar-refractivity contribution in [2.45, 2.75) is 19.5 Å². The van der Waals surface area contributed by atoms with Crippen molar-refractivity contribution in [2.75, 3.05) is 5.32 Å². The van der Waals surface area contributed by atoms with Crippen LogP contribution in [0.25, 0.3) is 0 Å². The van der Waals surface area contributed by atoms with Crippen LogP contribution in [0.3, 0.4) is 0 Å². The number of benzene rings is 1. The maximum absolute atomic E-state index is 13.0. The molecule has 1 heterocycles. The molecule has 0 aliphatic carbocycles. The number of anilines is 2. The van der Waals surface area contributed by atoms with Crippen molar-refractivity contribution < 1.29 is 13.2 Å². The van der Waals surface area contributed by atoms with Crippen LogP contribution >= 0.6 is 15.9 Å². The molecular weight excluding hydrogens is 333 g/mol. The van der Waals surface area contributed by atoms with E-state index < -0.39 is 11.7 Å². The number of aromatic nitrogens is 1. The number of hydrogen-bond donors (Lipinski definition) is 1. The van der Waals surface area contributed by atoms with E-state index in [2.05, 4.69) is 26.2 Å². The number of rotatable bonds is 3. The van der Waals surface area contributed by atoms with Crippen molar-refractivity contribution in [3.8, 4) is 0 Å². The van der Waals surface area contributed by atoms with E-state index in [1.165, 1.54) is 12.3 Å². The van der Waals surface area contributed by atoms with Crippen LogP contribution in [0.15, 0.2) is 41.0 Å². The van der Waals surface area contributed by atoms with Gasteiger partial charge in [0.15, 0.2) is 0 Å². The van der Waals surface area contributed by atoms with E-state index in [9.17, 15) is 13.2 Å². The van der Waals surface area contributed by atoms with Crippen molar-refractivity contribution in [3.05, 3.63) is 52.3 Å². The highest BCUT2D eigenvalue weighted by molar-refractivity contribution is 9.10. The van der Waals surface area contributed by atoms with Gasteiger partial charge in [0.2, 0.25) is 0 Å². The van der Waals surface area contributed by atoms with Crippen molar-refractivity contribution in [2.24, 2.45) is 0 Å². The molecule has 0 fully saturated rings. The summed E-state index contributed by atoms with van der Waals surface area (Å²) in [6.45, 7) is 1.96. The van der Waals surface area contributed by atoms with E-state index in [4.69, 9.17) is 0 Å². The highest BCUT2D eigenvalue weighted by atomic mass is 79.9. The van der Waals surface area contributed by atoms with Gasteiger partial charge in [-0.1, -0.05) is 22.9 Å². The zero-order valence-corrected chi connectivity index (χ0v) is 12.2. The van der Waals surface area contributed by atoms with Crippen molar-refractivity contribution >= 4 is 27.3 Å². The molecule has 0 radical (unpaired) electrons. The third-order valence-electron chi connectivity index (χ3n) is 2.75. The van der Waals surface area contributed by atoms with Crippen molar-refractivity contribution in [1.82, 2.24) is 4.98 Å². The lowest BCUT2D eigenvalue weighted by molar-refractivity contribution is -0.137. The molecule has 1 aromatic heterocycles. The first kappa shape index (κ1) is 14.8. The van der Waals surface area contributed by atoms with Gasteiger partial charge in [0.25, 0.3) is 0 Å². The third-order valence-corrected chi connectivity index (χ3v) is 3.25. The number of pyridine rings is 1. The molecular formula is C14H12BrF3N2. The standard InChI is InChI=1S/C14H12BrF3N2/c1-2-10-4-5-11(8-19-10)20-13-6-3-9(15)7-12(13)14(16,17)18/h3-8,20H,2H2,1H3. The molecule has 0 atom stereocenters. The Morgan fingerprint density at radius 1 is 1.20 bits per heavy atom. The van der Waals surface area contributed by atoms with Gasteiger partial charge in [0.1, 0.15) is 0 Å². The molecule has 106 valence electrons. The number of aryl methyl sites for hydroxylation is 1. The molecule has 0 spiro atoms. The largest absolute Gasteiger partial charge is 0.418 e. The molecule has 20 heavy (non-hydrogen) atoms. The molecule has 0 bridgehead atoms. The zero-order chi connectivity index (χ0) is 14.8. The normalized spacial score (nSPS) is 11.4. The van der Waals surface area contributed by atoms with E-state index in [-0.39, 0.29) is 5.69 Å². The fourth-order valence-electron chi connectivity index (χ4n) is 1.72. The van der Waals surface area contributed by atoms with Crippen LogP contribution in [-0.2, 0) is 12.6 Å². The first-order chi connectivity index (χ1) is 9.40. The van der Waals surface area contributed by atoms with Crippen LogP contribution in [0.2, 0.25) is 0 Å². The molecule has 0 saturated heterocycles. The van der Waals surface area contributed by atoms with Gasteiger partial charge in [-0.05, 0) is 36.8 Å². The fourth-order valence-corrected chi connectivity index (χ4v) is 2.08. The summed E-state index contributed by atoms with van der Waals surface area (Å²) in [5.41, 5.74) is 0.704.